The number of carbonyl (C=O) groups is 1. The highest BCUT2D eigenvalue weighted by molar-refractivity contribution is 5.70. The quantitative estimate of drug-likeness (QED) is 0.459. The molecule has 7 heteroatoms. The summed E-state index contributed by atoms with van der Waals surface area (Å²) in [6.07, 6.45) is -0.0109. The topological polar surface area (TPSA) is 72.5 Å². The molecular weight excluding hydrogens is 376 g/mol. The fourth-order valence-electron chi connectivity index (χ4n) is 3.64. The lowest BCUT2D eigenvalue weighted by molar-refractivity contribution is -0.355. The Morgan fingerprint density at radius 1 is 1.14 bits per heavy atom. The number of benzene rings is 1. The van der Waals surface area contributed by atoms with Gasteiger partial charge in [-0.1, -0.05) is 50.6 Å². The molecule has 2 saturated heterocycles. The second-order valence-corrected chi connectivity index (χ2v) is 7.38. The average molecular weight is 408 g/mol. The first-order chi connectivity index (χ1) is 14.1. The molecule has 162 valence electrons. The summed E-state index contributed by atoms with van der Waals surface area (Å²) in [4.78, 5) is 11.9. The maximum absolute atomic E-state index is 11.9. The Balaban J connectivity index is 1.71. The molecule has 0 spiro atoms. The number of ether oxygens (including phenoxy) is 6. The third-order valence-corrected chi connectivity index (χ3v) is 5.19. The van der Waals surface area contributed by atoms with Gasteiger partial charge in [0.15, 0.2) is 12.6 Å². The van der Waals surface area contributed by atoms with Gasteiger partial charge in [0.05, 0.1) is 19.3 Å². The molecule has 0 bridgehead atoms. The summed E-state index contributed by atoms with van der Waals surface area (Å²) in [6.45, 7) is 7.05. The predicted octanol–water partition coefficient (Wildman–Crippen LogP) is 3.23. The molecule has 29 heavy (non-hydrogen) atoms. The van der Waals surface area contributed by atoms with Crippen LogP contribution in [0.1, 0.15) is 45.5 Å². The molecular formula is C22H32O7. The minimum Gasteiger partial charge on any atom is -0.464 e. The first-order valence-corrected chi connectivity index (χ1v) is 10.5. The van der Waals surface area contributed by atoms with Crippen LogP contribution >= 0.6 is 0 Å². The van der Waals surface area contributed by atoms with E-state index < -0.39 is 18.5 Å². The van der Waals surface area contributed by atoms with Crippen molar-refractivity contribution in [3.8, 4) is 0 Å². The van der Waals surface area contributed by atoms with Crippen molar-refractivity contribution in [2.45, 2.75) is 64.5 Å². The lowest BCUT2D eigenvalue weighted by Gasteiger charge is -2.48. The van der Waals surface area contributed by atoms with E-state index in [2.05, 4.69) is 6.92 Å². The standard InChI is InChI=1S/C22H32O7/c1-4-6-12-25-21-15(3)19(26-14-18(23)24-5-2)20-17(28-21)13-27-22(29-20)16-10-8-7-9-11-16/h7-11,15,17,19-22H,4-6,12-14H2,1-3H3/t15?,17?,19-,20-,21+,22?/m1/s1. The number of rotatable bonds is 9. The lowest BCUT2D eigenvalue weighted by Crippen LogP contribution is -2.60. The highest BCUT2D eigenvalue weighted by atomic mass is 16.7. The average Bonchev–Trinajstić information content (AvgIpc) is 2.74. The first-order valence-electron chi connectivity index (χ1n) is 10.5. The van der Waals surface area contributed by atoms with Crippen LogP contribution in [-0.2, 0) is 33.2 Å². The Labute approximate surface area is 172 Å². The van der Waals surface area contributed by atoms with Gasteiger partial charge in [0.25, 0.3) is 0 Å². The van der Waals surface area contributed by atoms with Gasteiger partial charge in [-0.2, -0.15) is 0 Å². The summed E-state index contributed by atoms with van der Waals surface area (Å²) in [7, 11) is 0. The fraction of sp³-hybridized carbons (Fsp3) is 0.682. The van der Waals surface area contributed by atoms with Crippen LogP contribution in [0.15, 0.2) is 30.3 Å². The maximum atomic E-state index is 11.9. The SMILES string of the molecule is CCCCO[C@H]1OC2COC(c3ccccc3)O[C@H]2[C@H](OCC(=O)OCC)C1C. The number of hydrogen-bond acceptors (Lipinski definition) is 7. The summed E-state index contributed by atoms with van der Waals surface area (Å²) in [5, 5.41) is 0. The molecule has 2 aliphatic rings. The van der Waals surface area contributed by atoms with Gasteiger partial charge >= 0.3 is 5.97 Å². The van der Waals surface area contributed by atoms with E-state index in [1.165, 1.54) is 0 Å². The molecule has 0 aliphatic carbocycles. The zero-order chi connectivity index (χ0) is 20.6. The second-order valence-electron chi connectivity index (χ2n) is 7.38. The number of unbranched alkanes of at least 4 members (excludes halogenated alkanes) is 1. The van der Waals surface area contributed by atoms with Crippen LogP contribution in [0.5, 0.6) is 0 Å². The third-order valence-electron chi connectivity index (χ3n) is 5.19. The molecule has 6 atom stereocenters. The molecule has 0 saturated carbocycles. The molecule has 0 N–H and O–H groups in total. The molecule has 3 rings (SSSR count). The third kappa shape index (κ3) is 5.77. The van der Waals surface area contributed by atoms with E-state index in [0.29, 0.717) is 19.8 Å². The zero-order valence-electron chi connectivity index (χ0n) is 17.5. The van der Waals surface area contributed by atoms with Crippen molar-refractivity contribution in [2.75, 3.05) is 26.4 Å². The fourth-order valence-corrected chi connectivity index (χ4v) is 3.64. The lowest BCUT2D eigenvalue weighted by atomic mass is 9.91. The van der Waals surface area contributed by atoms with Crippen LogP contribution in [-0.4, -0.2) is 57.0 Å². The normalized spacial score (nSPS) is 31.8. The molecule has 2 heterocycles. The smallest absolute Gasteiger partial charge is 0.332 e. The highest BCUT2D eigenvalue weighted by Crippen LogP contribution is 2.37. The Morgan fingerprint density at radius 3 is 2.66 bits per heavy atom. The van der Waals surface area contributed by atoms with Gasteiger partial charge in [0, 0.05) is 18.1 Å². The van der Waals surface area contributed by atoms with Crippen LogP contribution in [0, 0.1) is 5.92 Å². The Morgan fingerprint density at radius 2 is 1.93 bits per heavy atom. The van der Waals surface area contributed by atoms with Gasteiger partial charge in [-0.05, 0) is 13.3 Å². The van der Waals surface area contributed by atoms with Gasteiger partial charge in [0.1, 0.15) is 18.8 Å². The van der Waals surface area contributed by atoms with Crippen molar-refractivity contribution in [2.24, 2.45) is 5.92 Å². The molecule has 2 aliphatic heterocycles. The number of carbonyl (C=O) groups excluding carboxylic acids is 1. The highest BCUT2D eigenvalue weighted by Gasteiger charge is 2.49. The molecule has 0 aromatic heterocycles. The summed E-state index contributed by atoms with van der Waals surface area (Å²) in [6, 6.07) is 9.76. The summed E-state index contributed by atoms with van der Waals surface area (Å²) < 4.78 is 35.2. The molecule has 1 aromatic carbocycles. The van der Waals surface area contributed by atoms with Crippen molar-refractivity contribution < 1.29 is 33.2 Å². The number of esters is 1. The summed E-state index contributed by atoms with van der Waals surface area (Å²) in [5.74, 6) is -0.505. The largest absolute Gasteiger partial charge is 0.464 e. The Hall–Kier alpha value is -1.51. The monoisotopic (exact) mass is 408 g/mol. The summed E-state index contributed by atoms with van der Waals surface area (Å²) in [5.41, 5.74) is 0.934. The van der Waals surface area contributed by atoms with Crippen molar-refractivity contribution in [1.82, 2.24) is 0 Å². The molecule has 1 aromatic rings. The van der Waals surface area contributed by atoms with Gasteiger partial charge in [0.2, 0.25) is 0 Å². The van der Waals surface area contributed by atoms with Crippen molar-refractivity contribution in [3.05, 3.63) is 35.9 Å². The van der Waals surface area contributed by atoms with Crippen molar-refractivity contribution >= 4 is 5.97 Å². The minimum absolute atomic E-state index is 0.114. The van der Waals surface area contributed by atoms with E-state index in [-0.39, 0.29) is 30.8 Å². The van der Waals surface area contributed by atoms with E-state index in [9.17, 15) is 4.79 Å². The summed E-state index contributed by atoms with van der Waals surface area (Å²) >= 11 is 0. The van der Waals surface area contributed by atoms with Gasteiger partial charge < -0.3 is 28.4 Å². The second kappa shape index (κ2) is 11.0. The van der Waals surface area contributed by atoms with E-state index in [1.54, 1.807) is 6.92 Å². The van der Waals surface area contributed by atoms with Crippen LogP contribution in [0.4, 0.5) is 0 Å². The zero-order valence-corrected chi connectivity index (χ0v) is 17.5. The Bertz CT molecular complexity index is 623. The predicted molar refractivity (Wildman–Crippen MR) is 105 cm³/mol. The van der Waals surface area contributed by atoms with Crippen LogP contribution in [0.25, 0.3) is 0 Å². The van der Waals surface area contributed by atoms with E-state index >= 15 is 0 Å². The van der Waals surface area contributed by atoms with Gasteiger partial charge in [-0.15, -0.1) is 0 Å². The van der Waals surface area contributed by atoms with Crippen molar-refractivity contribution in [1.29, 1.82) is 0 Å². The number of hydrogen-bond donors (Lipinski definition) is 0. The van der Waals surface area contributed by atoms with Crippen LogP contribution in [0.2, 0.25) is 0 Å². The molecule has 0 amide bonds. The maximum Gasteiger partial charge on any atom is 0.332 e. The minimum atomic E-state index is -0.500. The Kier molecular flexibility index (Phi) is 8.44. The first kappa shape index (κ1) is 22.2. The molecule has 7 nitrogen and oxygen atoms in total. The molecule has 0 radical (unpaired) electrons. The van der Waals surface area contributed by atoms with E-state index in [4.69, 9.17) is 28.4 Å². The van der Waals surface area contributed by atoms with E-state index in [0.717, 1.165) is 18.4 Å². The molecule has 2 fully saturated rings. The van der Waals surface area contributed by atoms with Crippen LogP contribution in [0.3, 0.4) is 0 Å². The van der Waals surface area contributed by atoms with E-state index in [1.807, 2.05) is 37.3 Å². The van der Waals surface area contributed by atoms with Gasteiger partial charge in [-0.25, -0.2) is 4.79 Å². The van der Waals surface area contributed by atoms with Crippen molar-refractivity contribution in [3.63, 3.8) is 0 Å². The molecule has 3 unspecified atom stereocenters. The number of fused-ring (bicyclic) bond motifs is 1. The van der Waals surface area contributed by atoms with Gasteiger partial charge in [-0.3, -0.25) is 0 Å². The van der Waals surface area contributed by atoms with Crippen LogP contribution < -0.4 is 0 Å².